The van der Waals surface area contributed by atoms with Gasteiger partial charge in [0.25, 0.3) is 11.5 Å². The molecular weight excluding hydrogens is 350 g/mol. The first-order valence-corrected chi connectivity index (χ1v) is 9.60. The van der Waals surface area contributed by atoms with Gasteiger partial charge in [-0.05, 0) is 40.0 Å². The number of nitrogens with zero attached hydrogens (tertiary/aromatic N) is 4. The number of nitrogens with one attached hydrogen (secondary N) is 1. The van der Waals surface area contributed by atoms with Crippen LogP contribution in [0.1, 0.15) is 57.1 Å². The minimum atomic E-state index is -0.138. The van der Waals surface area contributed by atoms with E-state index in [0.717, 1.165) is 35.7 Å². The summed E-state index contributed by atoms with van der Waals surface area (Å²) in [4.78, 5) is 36.8. The second-order valence-electron chi connectivity index (χ2n) is 6.80. The van der Waals surface area contributed by atoms with E-state index in [-0.39, 0.29) is 17.5 Å². The molecule has 4 rings (SSSR count). The van der Waals surface area contributed by atoms with Crippen LogP contribution in [0.5, 0.6) is 0 Å². The van der Waals surface area contributed by atoms with E-state index in [0.29, 0.717) is 22.8 Å². The summed E-state index contributed by atoms with van der Waals surface area (Å²) in [7, 11) is 0. The Labute approximate surface area is 154 Å². The lowest BCUT2D eigenvalue weighted by atomic mass is 9.99. The summed E-state index contributed by atoms with van der Waals surface area (Å²) in [6, 6.07) is 3.30. The second-order valence-corrected chi connectivity index (χ2v) is 8.00. The molecule has 0 bridgehead atoms. The Hall–Kier alpha value is -2.48. The summed E-state index contributed by atoms with van der Waals surface area (Å²) in [6.45, 7) is 6.31. The molecule has 0 aliphatic carbocycles. The summed E-state index contributed by atoms with van der Waals surface area (Å²) < 4.78 is 1.45. The normalized spacial score (nSPS) is 17.8. The number of aromatic amines is 1. The molecule has 8 heteroatoms. The fraction of sp³-hybridized carbons (Fsp3) is 0.444. The average molecular weight is 371 g/mol. The van der Waals surface area contributed by atoms with Crippen LogP contribution in [0.3, 0.4) is 0 Å². The fourth-order valence-corrected chi connectivity index (χ4v) is 4.53. The zero-order valence-corrected chi connectivity index (χ0v) is 15.9. The van der Waals surface area contributed by atoms with Gasteiger partial charge in [0.15, 0.2) is 5.65 Å². The number of fused-ring (bicyclic) bond motifs is 1. The standard InChI is InChI=1S/C18H21N5O2S/c1-10-8-16(24)23-15(19-10)9-13(21-23)14-6-4-5-7-22(14)18(25)17-11(2)20-12(3)26-17/h8-9,14,21H,4-7H2,1-3H3. The first kappa shape index (κ1) is 17.0. The van der Waals surface area contributed by atoms with Crippen LogP contribution in [0.4, 0.5) is 0 Å². The summed E-state index contributed by atoms with van der Waals surface area (Å²) in [5.74, 6) is 0.0212. The van der Waals surface area contributed by atoms with Crippen molar-refractivity contribution in [2.75, 3.05) is 6.54 Å². The third kappa shape index (κ3) is 2.84. The van der Waals surface area contributed by atoms with Gasteiger partial charge < -0.3 is 4.90 Å². The number of carbonyl (C=O) groups excluding carboxylic acids is 1. The third-order valence-corrected chi connectivity index (χ3v) is 5.88. The van der Waals surface area contributed by atoms with Gasteiger partial charge in [-0.15, -0.1) is 11.3 Å². The van der Waals surface area contributed by atoms with Gasteiger partial charge in [-0.2, -0.15) is 0 Å². The molecule has 26 heavy (non-hydrogen) atoms. The maximum Gasteiger partial charge on any atom is 0.272 e. The number of hydrogen-bond acceptors (Lipinski definition) is 5. The lowest BCUT2D eigenvalue weighted by Crippen LogP contribution is -2.38. The predicted molar refractivity (Wildman–Crippen MR) is 99.8 cm³/mol. The highest BCUT2D eigenvalue weighted by molar-refractivity contribution is 7.13. The van der Waals surface area contributed by atoms with Crippen molar-refractivity contribution in [1.29, 1.82) is 0 Å². The molecule has 1 atom stereocenters. The SMILES string of the molecule is Cc1cc(=O)n2[nH]c(C3CCCCN3C(=O)c3sc(C)nc3C)cc2n1. The second kappa shape index (κ2) is 6.35. The Morgan fingerprint density at radius 1 is 1.23 bits per heavy atom. The maximum atomic E-state index is 13.2. The van der Waals surface area contributed by atoms with Crippen molar-refractivity contribution in [2.24, 2.45) is 0 Å². The van der Waals surface area contributed by atoms with Crippen molar-refractivity contribution in [2.45, 2.75) is 46.1 Å². The minimum absolute atomic E-state index is 0.0212. The van der Waals surface area contributed by atoms with Gasteiger partial charge in [0.2, 0.25) is 0 Å². The molecule has 0 radical (unpaired) electrons. The third-order valence-electron chi connectivity index (χ3n) is 4.82. The number of aryl methyl sites for hydroxylation is 3. The first-order chi connectivity index (χ1) is 12.4. The quantitative estimate of drug-likeness (QED) is 0.751. The van der Waals surface area contributed by atoms with Gasteiger partial charge in [-0.3, -0.25) is 14.7 Å². The van der Waals surface area contributed by atoms with E-state index >= 15 is 0 Å². The van der Waals surface area contributed by atoms with Gasteiger partial charge in [0, 0.05) is 24.4 Å². The van der Waals surface area contributed by atoms with Crippen LogP contribution in [0.25, 0.3) is 5.65 Å². The van der Waals surface area contributed by atoms with Crippen molar-refractivity contribution in [3.05, 3.63) is 49.5 Å². The van der Waals surface area contributed by atoms with Gasteiger partial charge >= 0.3 is 0 Å². The summed E-state index contributed by atoms with van der Waals surface area (Å²) in [5.41, 5.74) is 2.78. The molecule has 4 heterocycles. The molecule has 1 amide bonds. The molecule has 1 saturated heterocycles. The first-order valence-electron chi connectivity index (χ1n) is 8.78. The zero-order valence-electron chi connectivity index (χ0n) is 15.1. The Morgan fingerprint density at radius 3 is 2.77 bits per heavy atom. The average Bonchev–Trinajstić information content (AvgIpc) is 3.17. The van der Waals surface area contributed by atoms with Gasteiger partial charge in [0.1, 0.15) is 4.88 Å². The predicted octanol–water partition coefficient (Wildman–Crippen LogP) is 2.77. The smallest absolute Gasteiger partial charge is 0.272 e. The van der Waals surface area contributed by atoms with Crippen LogP contribution >= 0.6 is 11.3 Å². The van der Waals surface area contributed by atoms with E-state index in [2.05, 4.69) is 15.1 Å². The molecule has 3 aromatic heterocycles. The number of amides is 1. The molecule has 3 aromatic rings. The van der Waals surface area contributed by atoms with Crippen LogP contribution in [-0.2, 0) is 0 Å². The molecule has 136 valence electrons. The number of likely N-dealkylation sites (tertiary alicyclic amines) is 1. The molecule has 1 aliphatic heterocycles. The Bertz CT molecular complexity index is 1050. The Balaban J connectivity index is 1.74. The zero-order chi connectivity index (χ0) is 18.4. The molecule has 7 nitrogen and oxygen atoms in total. The molecule has 1 aliphatic rings. The van der Waals surface area contributed by atoms with Gasteiger partial charge in [-0.1, -0.05) is 0 Å². The minimum Gasteiger partial charge on any atom is -0.329 e. The molecule has 1 unspecified atom stereocenters. The molecule has 1 fully saturated rings. The number of carbonyl (C=O) groups is 1. The number of thiazole rings is 1. The van der Waals surface area contributed by atoms with Crippen molar-refractivity contribution in [3.8, 4) is 0 Å². The molecule has 0 spiro atoms. The van der Waals surface area contributed by atoms with E-state index in [1.54, 1.807) is 6.92 Å². The lowest BCUT2D eigenvalue weighted by Gasteiger charge is -2.34. The summed E-state index contributed by atoms with van der Waals surface area (Å²) in [5, 5.41) is 4.05. The topological polar surface area (TPSA) is 83.4 Å². The monoisotopic (exact) mass is 371 g/mol. The molecule has 0 aromatic carbocycles. The Kier molecular flexibility index (Phi) is 4.14. The number of H-pyrrole nitrogens is 1. The van der Waals surface area contributed by atoms with E-state index < -0.39 is 0 Å². The van der Waals surface area contributed by atoms with Crippen LogP contribution in [-0.4, -0.2) is 36.9 Å². The molecule has 0 saturated carbocycles. The lowest BCUT2D eigenvalue weighted by molar-refractivity contribution is 0.0610. The Morgan fingerprint density at radius 2 is 2.04 bits per heavy atom. The number of piperidine rings is 1. The van der Waals surface area contributed by atoms with Gasteiger partial charge in [-0.25, -0.2) is 14.5 Å². The van der Waals surface area contributed by atoms with E-state index in [1.165, 1.54) is 21.9 Å². The molecule has 1 N–H and O–H groups in total. The van der Waals surface area contributed by atoms with E-state index in [1.807, 2.05) is 24.8 Å². The van der Waals surface area contributed by atoms with Crippen molar-refractivity contribution < 1.29 is 4.79 Å². The number of rotatable bonds is 2. The number of hydrogen-bond donors (Lipinski definition) is 1. The van der Waals surface area contributed by atoms with E-state index in [4.69, 9.17) is 0 Å². The van der Waals surface area contributed by atoms with Crippen LogP contribution in [0.15, 0.2) is 16.9 Å². The van der Waals surface area contributed by atoms with Crippen LogP contribution in [0, 0.1) is 20.8 Å². The summed E-state index contributed by atoms with van der Waals surface area (Å²) >= 11 is 1.44. The molecular formula is C18H21N5O2S. The maximum absolute atomic E-state index is 13.2. The number of aromatic nitrogens is 4. The van der Waals surface area contributed by atoms with E-state index in [9.17, 15) is 9.59 Å². The van der Waals surface area contributed by atoms with Crippen LogP contribution < -0.4 is 5.56 Å². The summed E-state index contributed by atoms with van der Waals surface area (Å²) in [6.07, 6.45) is 2.89. The van der Waals surface area contributed by atoms with Crippen molar-refractivity contribution in [1.82, 2.24) is 24.5 Å². The largest absolute Gasteiger partial charge is 0.329 e. The highest BCUT2D eigenvalue weighted by Gasteiger charge is 2.32. The van der Waals surface area contributed by atoms with Crippen molar-refractivity contribution >= 4 is 22.9 Å². The fourth-order valence-electron chi connectivity index (χ4n) is 3.66. The van der Waals surface area contributed by atoms with Crippen molar-refractivity contribution in [3.63, 3.8) is 0 Å². The highest BCUT2D eigenvalue weighted by Crippen LogP contribution is 2.33. The highest BCUT2D eigenvalue weighted by atomic mass is 32.1. The van der Waals surface area contributed by atoms with Gasteiger partial charge in [0.05, 0.1) is 22.4 Å². The van der Waals surface area contributed by atoms with Crippen LogP contribution in [0.2, 0.25) is 0 Å².